The van der Waals surface area contributed by atoms with E-state index in [1.807, 2.05) is 44.2 Å². The van der Waals surface area contributed by atoms with Crippen LogP contribution in [0.5, 0.6) is 5.75 Å². The zero-order chi connectivity index (χ0) is 17.2. The fourth-order valence-electron chi connectivity index (χ4n) is 3.99. The lowest BCUT2D eigenvalue weighted by atomic mass is 9.79. The maximum absolute atomic E-state index is 13.6. The molecule has 24 heavy (non-hydrogen) atoms. The van der Waals surface area contributed by atoms with E-state index in [4.69, 9.17) is 9.47 Å². The second kappa shape index (κ2) is 6.79. The first-order chi connectivity index (χ1) is 11.5. The third-order valence-corrected chi connectivity index (χ3v) is 5.26. The first kappa shape index (κ1) is 17.3. The highest BCUT2D eigenvalue weighted by Crippen LogP contribution is 2.51. The van der Waals surface area contributed by atoms with E-state index in [0.29, 0.717) is 6.42 Å². The molecule has 1 atom stereocenters. The van der Waals surface area contributed by atoms with Crippen LogP contribution in [-0.2, 0) is 4.74 Å². The van der Waals surface area contributed by atoms with Gasteiger partial charge in [-0.05, 0) is 75.5 Å². The van der Waals surface area contributed by atoms with Crippen LogP contribution in [-0.4, -0.2) is 17.3 Å². The van der Waals surface area contributed by atoms with Crippen LogP contribution in [0.15, 0.2) is 30.3 Å². The van der Waals surface area contributed by atoms with Gasteiger partial charge in [-0.3, -0.25) is 0 Å². The second-order valence-electron chi connectivity index (χ2n) is 7.50. The Balaban J connectivity index is 1.84. The van der Waals surface area contributed by atoms with Crippen molar-refractivity contribution >= 4 is 5.76 Å². The summed E-state index contributed by atoms with van der Waals surface area (Å²) in [6.07, 6.45) is 8.65. The van der Waals surface area contributed by atoms with Gasteiger partial charge in [0, 0.05) is 5.56 Å². The molecule has 0 saturated heterocycles. The Bertz CT molecular complexity index is 582. The van der Waals surface area contributed by atoms with Crippen molar-refractivity contribution in [3.05, 3.63) is 35.9 Å². The number of unbranched alkanes of at least 4 members (excludes halogenated alkanes) is 1. The van der Waals surface area contributed by atoms with Gasteiger partial charge in [0.1, 0.15) is 17.1 Å². The largest absolute Gasteiger partial charge is 0.843 e. The fraction of sp³-hybridized carbons (Fsp3) is 0.619. The molecule has 0 radical (unpaired) electrons. The molecule has 0 N–H and O–H groups in total. The van der Waals surface area contributed by atoms with Crippen molar-refractivity contribution in [3.8, 4) is 5.75 Å². The molecule has 3 heteroatoms. The quantitative estimate of drug-likeness (QED) is 0.774. The van der Waals surface area contributed by atoms with Gasteiger partial charge < -0.3 is 14.6 Å². The van der Waals surface area contributed by atoms with Crippen molar-refractivity contribution < 1.29 is 14.6 Å². The van der Waals surface area contributed by atoms with E-state index in [1.165, 1.54) is 0 Å². The van der Waals surface area contributed by atoms with Crippen LogP contribution in [0.3, 0.4) is 0 Å². The van der Waals surface area contributed by atoms with Crippen molar-refractivity contribution in [1.82, 2.24) is 0 Å². The van der Waals surface area contributed by atoms with E-state index in [2.05, 4.69) is 6.92 Å². The summed E-state index contributed by atoms with van der Waals surface area (Å²) in [4.78, 5) is 0. The number of benzene rings is 1. The van der Waals surface area contributed by atoms with Crippen molar-refractivity contribution in [2.75, 3.05) is 0 Å². The van der Waals surface area contributed by atoms with Crippen LogP contribution in [0.2, 0.25) is 0 Å². The van der Waals surface area contributed by atoms with Crippen LogP contribution < -0.4 is 9.84 Å². The summed E-state index contributed by atoms with van der Waals surface area (Å²) in [6, 6.07) is 7.91. The summed E-state index contributed by atoms with van der Waals surface area (Å²) in [7, 11) is 0. The van der Waals surface area contributed by atoms with Crippen LogP contribution in [0.1, 0.15) is 71.3 Å². The van der Waals surface area contributed by atoms with Crippen LogP contribution in [0, 0.1) is 0 Å². The van der Waals surface area contributed by atoms with Crippen molar-refractivity contribution in [2.24, 2.45) is 0 Å². The summed E-state index contributed by atoms with van der Waals surface area (Å²) in [5.74, 6) is 1.61. The highest BCUT2D eigenvalue weighted by Gasteiger charge is 2.50. The first-order valence-corrected chi connectivity index (χ1v) is 9.37. The number of hydrogen-bond acceptors (Lipinski definition) is 3. The Hall–Kier alpha value is -1.48. The number of ether oxygens (including phenoxy) is 2. The summed E-state index contributed by atoms with van der Waals surface area (Å²) < 4.78 is 12.0. The monoisotopic (exact) mass is 329 g/mol. The van der Waals surface area contributed by atoms with Crippen molar-refractivity contribution in [2.45, 2.75) is 83.0 Å². The topological polar surface area (TPSA) is 41.5 Å². The SMILES string of the molecule is CCCCC1([O-])C=C(c2ccc(OC(C)C)cc2)OC12CCCC2. The zero-order valence-corrected chi connectivity index (χ0v) is 15.1. The van der Waals surface area contributed by atoms with E-state index >= 15 is 0 Å². The van der Waals surface area contributed by atoms with Gasteiger partial charge in [0.05, 0.1) is 6.10 Å². The molecular weight excluding hydrogens is 300 g/mol. The maximum Gasteiger partial charge on any atom is 0.122 e. The molecule has 3 rings (SSSR count). The zero-order valence-electron chi connectivity index (χ0n) is 15.1. The molecule has 0 aromatic heterocycles. The first-order valence-electron chi connectivity index (χ1n) is 9.37. The van der Waals surface area contributed by atoms with E-state index in [-0.39, 0.29) is 6.10 Å². The van der Waals surface area contributed by atoms with Gasteiger partial charge >= 0.3 is 0 Å². The predicted octanol–water partition coefficient (Wildman–Crippen LogP) is 4.45. The summed E-state index contributed by atoms with van der Waals surface area (Å²) in [5, 5.41) is 13.6. The van der Waals surface area contributed by atoms with Gasteiger partial charge in [0.15, 0.2) is 0 Å². The molecule has 0 bridgehead atoms. The fourth-order valence-corrected chi connectivity index (χ4v) is 3.99. The second-order valence-corrected chi connectivity index (χ2v) is 7.50. The molecule has 3 nitrogen and oxygen atoms in total. The lowest BCUT2D eigenvalue weighted by Crippen LogP contribution is -2.58. The minimum Gasteiger partial charge on any atom is -0.843 e. The molecule has 1 unspecified atom stereocenters. The van der Waals surface area contributed by atoms with Crippen molar-refractivity contribution in [1.29, 1.82) is 0 Å². The van der Waals surface area contributed by atoms with E-state index in [1.54, 1.807) is 0 Å². The van der Waals surface area contributed by atoms with Crippen LogP contribution >= 0.6 is 0 Å². The van der Waals surface area contributed by atoms with Crippen molar-refractivity contribution in [3.63, 3.8) is 0 Å². The Labute approximate surface area is 145 Å². The normalized spacial score (nSPS) is 25.1. The lowest BCUT2D eigenvalue weighted by Gasteiger charge is -2.48. The molecule has 1 aromatic carbocycles. The molecule has 2 aliphatic rings. The molecular formula is C21H29O3-. The molecule has 1 spiro atoms. The molecule has 132 valence electrons. The minimum atomic E-state index is -1.08. The van der Waals surface area contributed by atoms with Gasteiger partial charge in [-0.15, -0.1) is 0 Å². The summed E-state index contributed by atoms with van der Waals surface area (Å²) >= 11 is 0. The Morgan fingerprint density at radius 3 is 2.42 bits per heavy atom. The molecule has 1 heterocycles. The van der Waals surface area contributed by atoms with Crippen LogP contribution in [0.4, 0.5) is 0 Å². The standard InChI is InChI=1S/C21H29O3/c1-4-5-12-20(22)15-19(24-21(20)13-6-7-14-21)17-8-10-18(11-9-17)23-16(2)3/h8-11,15-16H,4-7,12-14H2,1-3H3/q-1. The minimum absolute atomic E-state index is 0.155. The van der Waals surface area contributed by atoms with Gasteiger partial charge in [0.2, 0.25) is 0 Å². The summed E-state index contributed by atoms with van der Waals surface area (Å²) in [5.41, 5.74) is -0.626. The van der Waals surface area contributed by atoms with Gasteiger partial charge in [-0.2, -0.15) is 0 Å². The number of rotatable bonds is 6. The lowest BCUT2D eigenvalue weighted by molar-refractivity contribution is -0.489. The predicted molar refractivity (Wildman–Crippen MR) is 94.7 cm³/mol. The maximum atomic E-state index is 13.6. The highest BCUT2D eigenvalue weighted by molar-refractivity contribution is 5.65. The van der Waals surface area contributed by atoms with Gasteiger partial charge in [-0.25, -0.2) is 0 Å². The van der Waals surface area contributed by atoms with E-state index in [0.717, 1.165) is 55.6 Å². The average Bonchev–Trinajstić information content (AvgIpc) is 3.13. The van der Waals surface area contributed by atoms with E-state index in [9.17, 15) is 5.11 Å². The Kier molecular flexibility index (Phi) is 4.91. The van der Waals surface area contributed by atoms with Gasteiger partial charge in [0.25, 0.3) is 0 Å². The van der Waals surface area contributed by atoms with E-state index < -0.39 is 11.2 Å². The smallest absolute Gasteiger partial charge is 0.122 e. The third-order valence-electron chi connectivity index (χ3n) is 5.26. The van der Waals surface area contributed by atoms with Gasteiger partial charge in [-0.1, -0.05) is 26.2 Å². The molecule has 1 aromatic rings. The third kappa shape index (κ3) is 3.19. The Morgan fingerprint density at radius 1 is 1.17 bits per heavy atom. The molecule has 1 aliphatic carbocycles. The number of hydrogen-bond donors (Lipinski definition) is 0. The molecule has 0 amide bonds. The average molecular weight is 329 g/mol. The highest BCUT2D eigenvalue weighted by atomic mass is 16.5. The van der Waals surface area contributed by atoms with Crippen LogP contribution in [0.25, 0.3) is 5.76 Å². The molecule has 1 fully saturated rings. The molecule has 1 saturated carbocycles. The Morgan fingerprint density at radius 2 is 1.83 bits per heavy atom. The molecule has 1 aliphatic heterocycles. The summed E-state index contributed by atoms with van der Waals surface area (Å²) in [6.45, 7) is 6.17.